The molecule has 3 rings (SSSR count). The van der Waals surface area contributed by atoms with Gasteiger partial charge in [-0.1, -0.05) is 0 Å². The van der Waals surface area contributed by atoms with Crippen LogP contribution in [0.15, 0.2) is 0 Å². The molecule has 0 bridgehead atoms. The van der Waals surface area contributed by atoms with Crippen LogP contribution in [0, 0.1) is 0 Å². The molecule has 3 aliphatic rings. The van der Waals surface area contributed by atoms with Crippen LogP contribution in [0.1, 0.15) is 53.4 Å². The molecule has 6 heteroatoms. The Bertz CT molecular complexity index is 441. The molecular formula is C17H30O6. The molecule has 6 atom stereocenters. The van der Waals surface area contributed by atoms with Crippen molar-refractivity contribution in [3.05, 3.63) is 0 Å². The van der Waals surface area contributed by atoms with E-state index in [-0.39, 0.29) is 30.5 Å². The fourth-order valence-electron chi connectivity index (χ4n) is 3.97. The van der Waals surface area contributed by atoms with E-state index in [0.29, 0.717) is 13.0 Å². The van der Waals surface area contributed by atoms with Crippen LogP contribution >= 0.6 is 0 Å². The molecule has 23 heavy (non-hydrogen) atoms. The van der Waals surface area contributed by atoms with Gasteiger partial charge in [-0.05, 0) is 53.4 Å². The van der Waals surface area contributed by atoms with Gasteiger partial charge in [-0.2, -0.15) is 0 Å². The Balaban J connectivity index is 1.65. The van der Waals surface area contributed by atoms with Gasteiger partial charge < -0.3 is 29.2 Å². The molecule has 0 saturated carbocycles. The lowest BCUT2D eigenvalue weighted by Crippen LogP contribution is -2.60. The number of aliphatic hydroxyl groups excluding tert-OH is 2. The summed E-state index contributed by atoms with van der Waals surface area (Å²) in [4.78, 5) is 0. The van der Waals surface area contributed by atoms with E-state index in [2.05, 4.69) is 6.92 Å². The first-order valence-corrected chi connectivity index (χ1v) is 8.64. The van der Waals surface area contributed by atoms with E-state index >= 15 is 0 Å². The van der Waals surface area contributed by atoms with Gasteiger partial charge in [0.1, 0.15) is 12.2 Å². The molecule has 0 unspecified atom stereocenters. The Labute approximate surface area is 138 Å². The summed E-state index contributed by atoms with van der Waals surface area (Å²) >= 11 is 0. The minimum Gasteiger partial charge on any atom is -0.394 e. The van der Waals surface area contributed by atoms with E-state index < -0.39 is 17.5 Å². The maximum atomic E-state index is 10.0. The first-order chi connectivity index (χ1) is 10.7. The summed E-state index contributed by atoms with van der Waals surface area (Å²) < 4.78 is 24.2. The van der Waals surface area contributed by atoms with Crippen LogP contribution in [0.2, 0.25) is 0 Å². The summed E-state index contributed by atoms with van der Waals surface area (Å²) in [6, 6.07) is 0. The third-order valence-electron chi connectivity index (χ3n) is 5.67. The molecule has 0 amide bonds. The normalized spacial score (nSPS) is 48.0. The van der Waals surface area contributed by atoms with Crippen LogP contribution in [-0.2, 0) is 18.9 Å². The van der Waals surface area contributed by atoms with Crippen molar-refractivity contribution in [2.45, 2.75) is 94.8 Å². The Morgan fingerprint density at radius 2 is 1.65 bits per heavy atom. The van der Waals surface area contributed by atoms with Gasteiger partial charge in [-0.15, -0.1) is 0 Å². The second-order valence-electron chi connectivity index (χ2n) is 8.03. The van der Waals surface area contributed by atoms with Crippen LogP contribution in [0.5, 0.6) is 0 Å². The van der Waals surface area contributed by atoms with Gasteiger partial charge in [0.25, 0.3) is 0 Å². The summed E-state index contributed by atoms with van der Waals surface area (Å²) in [5.74, 6) is -0.555. The van der Waals surface area contributed by atoms with Gasteiger partial charge in [-0.25, -0.2) is 0 Å². The number of fused-ring (bicyclic) bond motifs is 1. The Hall–Kier alpha value is -0.240. The minimum atomic E-state index is -0.857. The maximum Gasteiger partial charge on any atom is 0.163 e. The topological polar surface area (TPSA) is 77.4 Å². The molecule has 0 spiro atoms. The molecule has 3 heterocycles. The fraction of sp³-hybridized carbons (Fsp3) is 1.00. The van der Waals surface area contributed by atoms with E-state index in [4.69, 9.17) is 18.9 Å². The van der Waals surface area contributed by atoms with Crippen LogP contribution in [0.3, 0.4) is 0 Å². The van der Waals surface area contributed by atoms with Gasteiger partial charge in [0.05, 0.1) is 36.6 Å². The number of ether oxygens (including phenoxy) is 4. The largest absolute Gasteiger partial charge is 0.394 e. The highest BCUT2D eigenvalue weighted by atomic mass is 16.8. The molecule has 3 aliphatic heterocycles. The first kappa shape index (κ1) is 17.6. The lowest BCUT2D eigenvalue weighted by atomic mass is 9.81. The molecule has 0 aromatic rings. The molecule has 0 radical (unpaired) electrons. The predicted molar refractivity (Wildman–Crippen MR) is 83.0 cm³/mol. The molecule has 0 aromatic heterocycles. The lowest BCUT2D eigenvalue weighted by molar-refractivity contribution is -0.282. The fourth-order valence-corrected chi connectivity index (χ4v) is 3.97. The van der Waals surface area contributed by atoms with E-state index in [1.807, 2.05) is 20.8 Å². The van der Waals surface area contributed by atoms with Crippen LogP contribution in [0.25, 0.3) is 0 Å². The number of hydrogen-bond donors (Lipinski definition) is 2. The zero-order chi connectivity index (χ0) is 16.9. The van der Waals surface area contributed by atoms with Gasteiger partial charge in [0.2, 0.25) is 0 Å². The molecule has 3 fully saturated rings. The minimum absolute atomic E-state index is 0.0000279. The van der Waals surface area contributed by atoms with E-state index in [0.717, 1.165) is 19.3 Å². The zero-order valence-electron chi connectivity index (χ0n) is 14.6. The second kappa shape index (κ2) is 5.93. The number of aliphatic hydroxyl groups is 2. The van der Waals surface area contributed by atoms with Crippen LogP contribution in [0.4, 0.5) is 0 Å². The van der Waals surface area contributed by atoms with E-state index in [1.54, 1.807) is 0 Å². The van der Waals surface area contributed by atoms with Crippen molar-refractivity contribution in [3.8, 4) is 0 Å². The summed E-state index contributed by atoms with van der Waals surface area (Å²) in [5, 5.41) is 19.2. The molecule has 2 N–H and O–H groups in total. The quantitative estimate of drug-likeness (QED) is 0.814. The van der Waals surface area contributed by atoms with Gasteiger partial charge >= 0.3 is 0 Å². The average molecular weight is 330 g/mol. The molecular weight excluding hydrogens is 300 g/mol. The van der Waals surface area contributed by atoms with Crippen molar-refractivity contribution >= 4 is 0 Å². The van der Waals surface area contributed by atoms with Gasteiger partial charge in [0, 0.05) is 0 Å². The molecule has 3 saturated heterocycles. The van der Waals surface area contributed by atoms with Gasteiger partial charge in [-0.3, -0.25) is 0 Å². The second-order valence-corrected chi connectivity index (χ2v) is 8.03. The summed E-state index contributed by atoms with van der Waals surface area (Å²) in [7, 11) is 0. The highest BCUT2D eigenvalue weighted by Crippen LogP contribution is 2.44. The predicted octanol–water partition coefficient (Wildman–Crippen LogP) is 1.37. The first-order valence-electron chi connectivity index (χ1n) is 8.64. The SMILES string of the molecule is CC1(C)OC[C@H]([C@]2(C)CC[C@@H]3O[C@@](C)([C@@H](O)CO)CC[C@H]3O2)O1. The monoisotopic (exact) mass is 330 g/mol. The highest BCUT2D eigenvalue weighted by Gasteiger charge is 2.53. The lowest BCUT2D eigenvalue weighted by Gasteiger charge is -2.51. The van der Waals surface area contributed by atoms with E-state index in [9.17, 15) is 10.2 Å². The van der Waals surface area contributed by atoms with Crippen LogP contribution in [-0.4, -0.2) is 64.8 Å². The van der Waals surface area contributed by atoms with Crippen molar-refractivity contribution < 1.29 is 29.2 Å². The van der Waals surface area contributed by atoms with Crippen molar-refractivity contribution in [1.29, 1.82) is 0 Å². The molecule has 134 valence electrons. The standard InChI is InChI=1S/C17H30O6/c1-15(2)20-10-14(23-15)17(4)8-6-11-12(22-17)5-7-16(3,21-11)13(19)9-18/h11-14,18-19H,5-10H2,1-4H3/t11-,12+,13-,14+,16+,17-/m0/s1. The highest BCUT2D eigenvalue weighted by molar-refractivity contribution is 5.00. The number of hydrogen-bond acceptors (Lipinski definition) is 6. The Kier molecular flexibility index (Phi) is 4.53. The smallest absolute Gasteiger partial charge is 0.163 e. The Morgan fingerprint density at radius 3 is 2.26 bits per heavy atom. The summed E-state index contributed by atoms with van der Waals surface area (Å²) in [6.07, 6.45) is 2.18. The third kappa shape index (κ3) is 3.30. The van der Waals surface area contributed by atoms with Crippen molar-refractivity contribution in [2.75, 3.05) is 13.2 Å². The zero-order valence-corrected chi connectivity index (χ0v) is 14.6. The molecule has 0 aliphatic carbocycles. The van der Waals surface area contributed by atoms with Crippen molar-refractivity contribution in [1.82, 2.24) is 0 Å². The van der Waals surface area contributed by atoms with E-state index in [1.165, 1.54) is 0 Å². The third-order valence-corrected chi connectivity index (χ3v) is 5.67. The van der Waals surface area contributed by atoms with Crippen molar-refractivity contribution in [3.63, 3.8) is 0 Å². The molecule has 0 aromatic carbocycles. The molecule has 6 nitrogen and oxygen atoms in total. The number of rotatable bonds is 3. The summed E-state index contributed by atoms with van der Waals surface area (Å²) in [6.45, 7) is 8.07. The summed E-state index contributed by atoms with van der Waals surface area (Å²) in [5.41, 5.74) is -1.07. The van der Waals surface area contributed by atoms with Crippen LogP contribution < -0.4 is 0 Å². The van der Waals surface area contributed by atoms with Crippen molar-refractivity contribution in [2.24, 2.45) is 0 Å². The Morgan fingerprint density at radius 1 is 1.00 bits per heavy atom. The van der Waals surface area contributed by atoms with Gasteiger partial charge in [0.15, 0.2) is 5.79 Å². The maximum absolute atomic E-state index is 10.0. The average Bonchev–Trinajstić information content (AvgIpc) is 2.88.